The summed E-state index contributed by atoms with van der Waals surface area (Å²) in [5, 5.41) is 2.11. The number of hydrogen-bond acceptors (Lipinski definition) is 7. The van der Waals surface area contributed by atoms with Crippen LogP contribution in [-0.2, 0) is 26.8 Å². The van der Waals surface area contributed by atoms with E-state index in [4.69, 9.17) is 9.11 Å². The van der Waals surface area contributed by atoms with Gasteiger partial charge in [-0.25, -0.2) is 0 Å². The highest BCUT2D eigenvalue weighted by Gasteiger charge is 2.24. The number of aromatic nitrogens is 1. The van der Waals surface area contributed by atoms with Gasteiger partial charge in [0.05, 0.1) is 22.2 Å². The predicted molar refractivity (Wildman–Crippen MR) is 168 cm³/mol. The van der Waals surface area contributed by atoms with Crippen LogP contribution in [0.3, 0.4) is 0 Å². The maximum Gasteiger partial charge on any atom is 0.264 e. The van der Waals surface area contributed by atoms with Crippen LogP contribution in [0.1, 0.15) is 30.7 Å². The van der Waals surface area contributed by atoms with Crippen LogP contribution in [0.4, 0.5) is 5.69 Å². The molecule has 3 aromatic rings. The minimum absolute atomic E-state index is 0.234. The minimum Gasteiger partial charge on any atom is -0.335 e. The van der Waals surface area contributed by atoms with Crippen LogP contribution < -0.4 is 9.47 Å². The van der Waals surface area contributed by atoms with Crippen molar-refractivity contribution in [1.82, 2.24) is 0 Å². The van der Waals surface area contributed by atoms with Crippen molar-refractivity contribution in [3.05, 3.63) is 95.0 Å². The number of allylic oxidation sites excluding steroid dienone is 6. The molecule has 0 bridgehead atoms. The van der Waals surface area contributed by atoms with Gasteiger partial charge in [0.15, 0.2) is 6.54 Å². The van der Waals surface area contributed by atoms with Gasteiger partial charge in [-0.1, -0.05) is 77.7 Å². The number of unbranched alkanes of at least 4 members (excludes halogenated alkanes) is 2. The van der Waals surface area contributed by atoms with Crippen LogP contribution >= 0.6 is 23.1 Å². The van der Waals surface area contributed by atoms with E-state index in [1.165, 1.54) is 0 Å². The van der Waals surface area contributed by atoms with Crippen molar-refractivity contribution in [2.24, 2.45) is 0 Å². The van der Waals surface area contributed by atoms with Crippen LogP contribution in [0.25, 0.3) is 16.3 Å². The molecule has 41 heavy (non-hydrogen) atoms. The Hall–Kier alpha value is -2.74. The van der Waals surface area contributed by atoms with Gasteiger partial charge in [-0.2, -0.15) is 21.4 Å². The van der Waals surface area contributed by atoms with E-state index in [1.54, 1.807) is 23.1 Å². The van der Waals surface area contributed by atoms with E-state index < -0.39 is 20.2 Å². The zero-order valence-electron chi connectivity index (χ0n) is 22.4. The van der Waals surface area contributed by atoms with Gasteiger partial charge in [-0.05, 0) is 43.5 Å². The molecular formula is C29H33N2O6S4+. The summed E-state index contributed by atoms with van der Waals surface area (Å²) < 4.78 is 65.5. The monoisotopic (exact) mass is 633 g/mol. The van der Waals surface area contributed by atoms with Crippen LogP contribution in [0.2, 0.25) is 0 Å². The molecule has 1 aliphatic rings. The molecule has 1 aliphatic heterocycles. The fourth-order valence-electron chi connectivity index (χ4n) is 4.39. The second-order valence-corrected chi connectivity index (χ2v) is 14.7. The summed E-state index contributed by atoms with van der Waals surface area (Å²) in [6, 6.07) is 16.2. The Morgan fingerprint density at radius 1 is 0.780 bits per heavy atom. The van der Waals surface area contributed by atoms with Gasteiger partial charge in [0.25, 0.3) is 25.2 Å². The van der Waals surface area contributed by atoms with Crippen LogP contribution in [0.15, 0.2) is 94.9 Å². The Morgan fingerprint density at radius 2 is 1.44 bits per heavy atom. The molecule has 1 aromatic heterocycles. The lowest BCUT2D eigenvalue weighted by Gasteiger charge is -2.20. The lowest BCUT2D eigenvalue weighted by Crippen LogP contribution is -2.35. The largest absolute Gasteiger partial charge is 0.335 e. The zero-order valence-corrected chi connectivity index (χ0v) is 25.6. The van der Waals surface area contributed by atoms with Gasteiger partial charge in [-0.3, -0.25) is 9.11 Å². The zero-order chi connectivity index (χ0) is 29.3. The Bertz CT molecular complexity index is 1690. The van der Waals surface area contributed by atoms with Crippen molar-refractivity contribution in [3.63, 3.8) is 0 Å². The van der Waals surface area contributed by atoms with Gasteiger partial charge in [0.2, 0.25) is 5.52 Å². The molecule has 0 saturated heterocycles. The predicted octanol–water partition coefficient (Wildman–Crippen LogP) is 6.10. The van der Waals surface area contributed by atoms with E-state index in [9.17, 15) is 16.8 Å². The van der Waals surface area contributed by atoms with Crippen molar-refractivity contribution >= 4 is 65.3 Å². The van der Waals surface area contributed by atoms with Crippen LogP contribution in [-0.4, -0.2) is 44.0 Å². The highest BCUT2D eigenvalue weighted by Crippen LogP contribution is 2.45. The molecular weight excluding hydrogens is 601 g/mol. The van der Waals surface area contributed by atoms with E-state index in [1.807, 2.05) is 66.8 Å². The Balaban J connectivity index is 1.38. The first-order chi connectivity index (χ1) is 19.6. The standard InChI is InChI=1S/C29H32N2O6S4/c32-40(33,34)22-12-10-20-30-24-14-6-8-16-26(24)38-28(30)18-4-2-1-3-5-19-29-31(21-11-13-23-41(35,36)37)25-15-7-9-17-27(25)39-29/h1-9,14-19H,10-13,20-23H2,(H-,32,33,34,35,36,37)/p+1. The SMILES string of the molecule is O=S(=O)(O)CCCCN1C(=CC=CC=CC=Cc2sc3ccccc3[n+]2CCCCS(=O)(=O)O)Sc2ccccc21. The molecule has 0 saturated carbocycles. The summed E-state index contributed by atoms with van der Waals surface area (Å²) in [6.45, 7) is 1.31. The Labute approximate surface area is 249 Å². The van der Waals surface area contributed by atoms with Crippen molar-refractivity contribution in [2.45, 2.75) is 37.1 Å². The van der Waals surface area contributed by atoms with Gasteiger partial charge in [0.1, 0.15) is 4.70 Å². The molecule has 218 valence electrons. The maximum absolute atomic E-state index is 11.0. The molecule has 2 aromatic carbocycles. The molecule has 0 radical (unpaired) electrons. The topological polar surface area (TPSA) is 116 Å². The normalized spacial score (nSPS) is 15.4. The number of hydrogen-bond donors (Lipinski definition) is 2. The number of nitrogens with zero attached hydrogens (tertiary/aromatic N) is 2. The number of benzene rings is 2. The highest BCUT2D eigenvalue weighted by molar-refractivity contribution is 8.03. The summed E-state index contributed by atoms with van der Waals surface area (Å²) in [4.78, 5) is 3.32. The lowest BCUT2D eigenvalue weighted by molar-refractivity contribution is -0.669. The number of para-hydroxylation sites is 2. The van der Waals surface area contributed by atoms with Crippen molar-refractivity contribution in [1.29, 1.82) is 0 Å². The van der Waals surface area contributed by atoms with E-state index in [-0.39, 0.29) is 11.5 Å². The average Bonchev–Trinajstić information content (AvgIpc) is 3.45. The van der Waals surface area contributed by atoms with Crippen molar-refractivity contribution < 1.29 is 30.5 Å². The van der Waals surface area contributed by atoms with E-state index >= 15 is 0 Å². The van der Waals surface area contributed by atoms with E-state index in [0.717, 1.165) is 30.8 Å². The Morgan fingerprint density at radius 3 is 2.22 bits per heavy atom. The summed E-state index contributed by atoms with van der Waals surface area (Å²) in [5.41, 5.74) is 2.19. The van der Waals surface area contributed by atoms with E-state index in [2.05, 4.69) is 33.7 Å². The first kappa shape index (κ1) is 31.2. The molecule has 0 aliphatic carbocycles. The highest BCUT2D eigenvalue weighted by atomic mass is 32.2. The molecule has 0 amide bonds. The number of thiazole rings is 1. The fourth-order valence-corrected chi connectivity index (χ4v) is 7.73. The molecule has 12 heteroatoms. The molecule has 8 nitrogen and oxygen atoms in total. The maximum atomic E-state index is 11.0. The van der Waals surface area contributed by atoms with Gasteiger partial charge in [0, 0.05) is 30.0 Å². The number of fused-ring (bicyclic) bond motifs is 2. The van der Waals surface area contributed by atoms with Gasteiger partial charge in [-0.15, -0.1) is 0 Å². The molecule has 0 fully saturated rings. The molecule has 2 N–H and O–H groups in total. The number of thioether (sulfide) groups is 1. The number of aryl methyl sites for hydroxylation is 1. The number of anilines is 1. The van der Waals surface area contributed by atoms with Gasteiger partial charge >= 0.3 is 0 Å². The summed E-state index contributed by atoms with van der Waals surface area (Å²) in [6.07, 6.45) is 15.9. The lowest BCUT2D eigenvalue weighted by atomic mass is 10.2. The van der Waals surface area contributed by atoms with Crippen LogP contribution in [0, 0.1) is 0 Å². The van der Waals surface area contributed by atoms with Crippen molar-refractivity contribution in [2.75, 3.05) is 23.0 Å². The molecule has 0 unspecified atom stereocenters. The molecule has 2 heterocycles. The van der Waals surface area contributed by atoms with E-state index in [0.29, 0.717) is 38.8 Å². The molecule has 0 atom stereocenters. The fraction of sp³-hybridized carbons (Fsp3) is 0.276. The minimum atomic E-state index is -3.95. The number of rotatable bonds is 14. The first-order valence-corrected chi connectivity index (χ1v) is 18.0. The first-order valence-electron chi connectivity index (χ1n) is 13.2. The Kier molecular flexibility index (Phi) is 11.0. The third kappa shape index (κ3) is 9.66. The van der Waals surface area contributed by atoms with Crippen LogP contribution in [0.5, 0.6) is 0 Å². The summed E-state index contributed by atoms with van der Waals surface area (Å²) >= 11 is 3.34. The summed E-state index contributed by atoms with van der Waals surface area (Å²) in [7, 11) is -7.90. The molecule has 0 spiro atoms. The van der Waals surface area contributed by atoms with Gasteiger partial charge < -0.3 is 4.90 Å². The smallest absolute Gasteiger partial charge is 0.264 e. The average molecular weight is 634 g/mol. The quantitative estimate of drug-likeness (QED) is 0.0947. The second-order valence-electron chi connectivity index (χ2n) is 9.40. The molecule has 4 rings (SSSR count). The third-order valence-electron chi connectivity index (χ3n) is 6.26. The second kappa shape index (κ2) is 14.4. The third-order valence-corrected chi connectivity index (χ3v) is 10.1. The van der Waals surface area contributed by atoms with Crippen molar-refractivity contribution in [3.8, 4) is 0 Å². The summed E-state index contributed by atoms with van der Waals surface area (Å²) in [5.74, 6) is -0.467.